The summed E-state index contributed by atoms with van der Waals surface area (Å²) >= 11 is 7.33. The van der Waals surface area contributed by atoms with E-state index in [4.69, 9.17) is 16.3 Å². The molecule has 0 spiro atoms. The minimum atomic E-state index is 0.498. The first-order chi connectivity index (χ1) is 11.3. The molecule has 0 aliphatic rings. The highest BCUT2D eigenvalue weighted by Crippen LogP contribution is 2.23. The van der Waals surface area contributed by atoms with Crippen molar-refractivity contribution in [2.24, 2.45) is 0 Å². The van der Waals surface area contributed by atoms with Crippen LogP contribution in [0.1, 0.15) is 5.56 Å². The summed E-state index contributed by atoms with van der Waals surface area (Å²) in [7, 11) is 0. The zero-order chi connectivity index (χ0) is 15.6. The Morgan fingerprint density at radius 3 is 2.57 bits per heavy atom. The van der Waals surface area contributed by atoms with Crippen molar-refractivity contribution in [2.75, 3.05) is 0 Å². The van der Waals surface area contributed by atoms with Crippen molar-refractivity contribution >= 4 is 27.9 Å². The van der Waals surface area contributed by atoms with Gasteiger partial charge in [0, 0.05) is 10.6 Å². The maximum Gasteiger partial charge on any atom is 0.234 e. The van der Waals surface area contributed by atoms with Gasteiger partial charge in [-0.15, -0.1) is 10.2 Å². The maximum atomic E-state index is 5.87. The van der Waals surface area contributed by atoms with Crippen LogP contribution in [-0.2, 0) is 6.61 Å². The Balaban J connectivity index is 1.49. The number of hydrogen-bond acceptors (Lipinski definition) is 5. The summed E-state index contributed by atoms with van der Waals surface area (Å²) < 4.78 is 7.51. The van der Waals surface area contributed by atoms with Gasteiger partial charge in [0.1, 0.15) is 17.9 Å². The molecule has 2 aromatic carbocycles. The Labute approximate surface area is 141 Å². The van der Waals surface area contributed by atoms with Crippen LogP contribution >= 0.6 is 22.9 Å². The van der Waals surface area contributed by atoms with Gasteiger partial charge in [-0.3, -0.25) is 0 Å². The molecule has 0 unspecified atom stereocenters. The van der Waals surface area contributed by atoms with Crippen molar-refractivity contribution in [3.63, 3.8) is 0 Å². The van der Waals surface area contributed by atoms with Crippen molar-refractivity contribution < 1.29 is 4.74 Å². The Morgan fingerprint density at radius 1 is 1.00 bits per heavy atom. The SMILES string of the molecule is Clc1ccc(COc2ccc(-c3nnc4scnn34)cc2)cc1. The molecule has 2 heterocycles. The van der Waals surface area contributed by atoms with Crippen LogP contribution in [0.5, 0.6) is 5.75 Å². The number of benzene rings is 2. The van der Waals surface area contributed by atoms with Crippen molar-refractivity contribution in [3.05, 3.63) is 64.6 Å². The fourth-order valence-corrected chi connectivity index (χ4v) is 2.87. The normalized spacial score (nSPS) is 11.0. The molecule has 0 aliphatic carbocycles. The lowest BCUT2D eigenvalue weighted by Crippen LogP contribution is -1.95. The largest absolute Gasteiger partial charge is 0.489 e. The second kappa shape index (κ2) is 5.98. The lowest BCUT2D eigenvalue weighted by molar-refractivity contribution is 0.306. The van der Waals surface area contributed by atoms with Crippen LogP contribution in [0.15, 0.2) is 54.0 Å². The second-order valence-corrected chi connectivity index (χ2v) is 6.14. The molecule has 5 nitrogen and oxygen atoms in total. The fraction of sp³-hybridized carbons (Fsp3) is 0.0625. The molecule has 0 atom stereocenters. The molecule has 0 aliphatic heterocycles. The van der Waals surface area contributed by atoms with Crippen LogP contribution in [0.3, 0.4) is 0 Å². The summed E-state index contributed by atoms with van der Waals surface area (Å²) in [4.78, 5) is 0.781. The summed E-state index contributed by atoms with van der Waals surface area (Å²) in [5.74, 6) is 1.52. The van der Waals surface area contributed by atoms with E-state index in [9.17, 15) is 0 Å². The number of halogens is 1. The van der Waals surface area contributed by atoms with Crippen LogP contribution < -0.4 is 4.74 Å². The van der Waals surface area contributed by atoms with Crippen molar-refractivity contribution in [3.8, 4) is 17.1 Å². The minimum absolute atomic E-state index is 0.498. The smallest absolute Gasteiger partial charge is 0.234 e. The highest BCUT2D eigenvalue weighted by molar-refractivity contribution is 7.14. The van der Waals surface area contributed by atoms with Gasteiger partial charge in [0.05, 0.1) is 0 Å². The number of hydrogen-bond donors (Lipinski definition) is 0. The lowest BCUT2D eigenvalue weighted by Gasteiger charge is -2.07. The van der Waals surface area contributed by atoms with Crippen LogP contribution in [0.2, 0.25) is 5.02 Å². The van der Waals surface area contributed by atoms with Crippen molar-refractivity contribution in [1.82, 2.24) is 19.8 Å². The van der Waals surface area contributed by atoms with Gasteiger partial charge in [-0.2, -0.15) is 9.61 Å². The summed E-state index contributed by atoms with van der Waals surface area (Å²) in [5, 5.41) is 13.2. The van der Waals surface area contributed by atoms with E-state index in [0.717, 1.165) is 32.7 Å². The van der Waals surface area contributed by atoms with E-state index in [2.05, 4.69) is 15.3 Å². The molecule has 0 N–H and O–H groups in total. The Hall–Kier alpha value is -2.44. The molecule has 7 heteroatoms. The van der Waals surface area contributed by atoms with E-state index < -0.39 is 0 Å². The van der Waals surface area contributed by atoms with Gasteiger partial charge in [0.25, 0.3) is 0 Å². The third kappa shape index (κ3) is 2.91. The molecule has 0 bridgehead atoms. The molecule has 0 radical (unpaired) electrons. The minimum Gasteiger partial charge on any atom is -0.489 e. The zero-order valence-corrected chi connectivity index (χ0v) is 13.5. The summed E-state index contributed by atoms with van der Waals surface area (Å²) in [6, 6.07) is 15.3. The van der Waals surface area contributed by atoms with Crippen LogP contribution in [0.4, 0.5) is 0 Å². The predicted molar refractivity (Wildman–Crippen MR) is 89.9 cm³/mol. The Kier molecular flexibility index (Phi) is 3.69. The molecule has 4 rings (SSSR count). The van der Waals surface area contributed by atoms with Crippen LogP contribution in [0.25, 0.3) is 16.3 Å². The number of ether oxygens (including phenoxy) is 1. The zero-order valence-electron chi connectivity index (χ0n) is 11.9. The van der Waals surface area contributed by atoms with Gasteiger partial charge in [0.15, 0.2) is 5.82 Å². The first-order valence-corrected chi connectivity index (χ1v) is 8.18. The van der Waals surface area contributed by atoms with Crippen LogP contribution in [0, 0.1) is 0 Å². The third-order valence-corrected chi connectivity index (χ3v) is 4.28. The van der Waals surface area contributed by atoms with Gasteiger partial charge in [-0.05, 0) is 42.0 Å². The summed E-state index contributed by atoms with van der Waals surface area (Å²) in [6.07, 6.45) is 0. The summed E-state index contributed by atoms with van der Waals surface area (Å²) in [5.41, 5.74) is 3.76. The van der Waals surface area contributed by atoms with Gasteiger partial charge in [0.2, 0.25) is 4.96 Å². The van der Waals surface area contributed by atoms with Crippen molar-refractivity contribution in [1.29, 1.82) is 0 Å². The van der Waals surface area contributed by atoms with Crippen molar-refractivity contribution in [2.45, 2.75) is 6.61 Å². The van der Waals surface area contributed by atoms with E-state index in [-0.39, 0.29) is 0 Å². The average Bonchev–Trinajstić information content (AvgIpc) is 3.18. The molecule has 0 fully saturated rings. The van der Waals surface area contributed by atoms with Gasteiger partial charge < -0.3 is 4.74 Å². The Bertz CT molecular complexity index is 931. The second-order valence-electron chi connectivity index (χ2n) is 4.90. The van der Waals surface area contributed by atoms with E-state index in [1.54, 1.807) is 10.0 Å². The predicted octanol–water partition coefficient (Wildman–Crippen LogP) is 4.09. The standard InChI is InChI=1S/C16H11ClN4OS/c17-13-5-1-11(2-6-13)9-22-14-7-3-12(4-8-14)15-19-20-16-21(15)18-10-23-16/h1-8,10H,9H2. The molecule has 0 saturated carbocycles. The lowest BCUT2D eigenvalue weighted by atomic mass is 10.2. The van der Waals surface area contributed by atoms with E-state index in [1.807, 2.05) is 48.5 Å². The Morgan fingerprint density at radius 2 is 1.78 bits per heavy atom. The quantitative estimate of drug-likeness (QED) is 0.560. The van der Waals surface area contributed by atoms with Gasteiger partial charge >= 0.3 is 0 Å². The fourth-order valence-electron chi connectivity index (χ4n) is 2.19. The first-order valence-electron chi connectivity index (χ1n) is 6.92. The van der Waals surface area contributed by atoms with Crippen LogP contribution in [-0.4, -0.2) is 19.8 Å². The van der Waals surface area contributed by atoms with Gasteiger partial charge in [-0.1, -0.05) is 35.1 Å². The summed E-state index contributed by atoms with van der Waals surface area (Å²) in [6.45, 7) is 0.498. The molecule has 0 saturated heterocycles. The molecule has 4 aromatic rings. The van der Waals surface area contributed by atoms with E-state index in [0.29, 0.717) is 6.61 Å². The first kappa shape index (κ1) is 14.2. The van der Waals surface area contributed by atoms with E-state index >= 15 is 0 Å². The molecular formula is C16H11ClN4OS. The number of rotatable bonds is 4. The molecule has 23 heavy (non-hydrogen) atoms. The molecule has 2 aromatic heterocycles. The highest BCUT2D eigenvalue weighted by atomic mass is 35.5. The monoisotopic (exact) mass is 342 g/mol. The molecular weight excluding hydrogens is 332 g/mol. The highest BCUT2D eigenvalue weighted by Gasteiger charge is 2.09. The number of fused-ring (bicyclic) bond motifs is 1. The van der Waals surface area contributed by atoms with Gasteiger partial charge in [-0.25, -0.2) is 0 Å². The average molecular weight is 343 g/mol. The maximum absolute atomic E-state index is 5.87. The molecule has 114 valence electrons. The molecule has 0 amide bonds. The topological polar surface area (TPSA) is 52.3 Å². The third-order valence-electron chi connectivity index (χ3n) is 3.36. The van der Waals surface area contributed by atoms with E-state index in [1.165, 1.54) is 11.3 Å². The number of aromatic nitrogens is 4. The number of nitrogens with zero attached hydrogens (tertiary/aromatic N) is 4.